The Hall–Kier alpha value is -1.58. The molecule has 2 bridgehead atoms. The van der Waals surface area contributed by atoms with Gasteiger partial charge in [-0.2, -0.15) is 0 Å². The second kappa shape index (κ2) is 6.38. The predicted octanol–water partition coefficient (Wildman–Crippen LogP) is 3.29. The number of aliphatic imine (C=N–C) groups is 1. The monoisotopic (exact) mass is 246 g/mol. The van der Waals surface area contributed by atoms with Crippen LogP contribution < -0.4 is 5.73 Å². The molecule has 0 atom stereocenters. The van der Waals surface area contributed by atoms with E-state index in [1.165, 1.54) is 44.0 Å². The van der Waals surface area contributed by atoms with Crippen LogP contribution in [0.5, 0.6) is 0 Å². The van der Waals surface area contributed by atoms with Crippen LogP contribution in [0.3, 0.4) is 0 Å². The third-order valence-electron chi connectivity index (χ3n) is 3.56. The van der Waals surface area contributed by atoms with Gasteiger partial charge >= 0.3 is 0 Å². The molecule has 0 fully saturated rings. The van der Waals surface area contributed by atoms with Crippen LogP contribution in [0.25, 0.3) is 0 Å². The summed E-state index contributed by atoms with van der Waals surface area (Å²) in [7, 11) is 0. The van der Waals surface area contributed by atoms with Crippen LogP contribution >= 0.6 is 0 Å². The standard InChI is InChI=1S/C14H22N4/c15-10-18-13-11-7-5-3-1-2-4-6-8-12(16)14(13)17-9-11/h9-10,16-17H,1-8H2,(H2,15,18). The summed E-state index contributed by atoms with van der Waals surface area (Å²) in [5.74, 6) is 0. The van der Waals surface area contributed by atoms with E-state index in [0.717, 1.165) is 30.6 Å². The highest BCUT2D eigenvalue weighted by Crippen LogP contribution is 2.28. The first-order valence-corrected chi connectivity index (χ1v) is 6.85. The van der Waals surface area contributed by atoms with Gasteiger partial charge in [-0.25, -0.2) is 4.99 Å². The van der Waals surface area contributed by atoms with Crippen molar-refractivity contribution in [1.29, 1.82) is 5.41 Å². The Balaban J connectivity index is 2.26. The van der Waals surface area contributed by atoms with Crippen molar-refractivity contribution >= 4 is 17.7 Å². The molecule has 1 heterocycles. The number of rotatable bonds is 1. The van der Waals surface area contributed by atoms with Gasteiger partial charge in [-0.15, -0.1) is 0 Å². The molecule has 0 amide bonds. The highest BCUT2D eigenvalue weighted by molar-refractivity contribution is 6.01. The van der Waals surface area contributed by atoms with Gasteiger partial charge in [0.05, 0.1) is 23.4 Å². The minimum absolute atomic E-state index is 0.655. The van der Waals surface area contributed by atoms with E-state index in [0.29, 0.717) is 5.71 Å². The number of H-pyrrole nitrogens is 1. The number of nitrogens with two attached hydrogens (primary N) is 1. The molecule has 0 spiro atoms. The summed E-state index contributed by atoms with van der Waals surface area (Å²) in [6.07, 6.45) is 12.6. The average Bonchev–Trinajstić information content (AvgIpc) is 2.75. The first-order valence-electron chi connectivity index (χ1n) is 6.85. The molecule has 0 radical (unpaired) electrons. The fourth-order valence-corrected chi connectivity index (χ4v) is 2.55. The molecule has 0 unspecified atom stereocenters. The summed E-state index contributed by atoms with van der Waals surface area (Å²) in [5.41, 5.74) is 9.00. The maximum Gasteiger partial charge on any atom is 0.0946 e. The molecule has 4 heteroatoms. The van der Waals surface area contributed by atoms with Gasteiger partial charge in [0, 0.05) is 6.20 Å². The van der Waals surface area contributed by atoms with Gasteiger partial charge in [-0.3, -0.25) is 0 Å². The van der Waals surface area contributed by atoms with Gasteiger partial charge in [-0.05, 0) is 31.2 Å². The van der Waals surface area contributed by atoms with E-state index in [1.54, 1.807) is 0 Å². The molecule has 2 rings (SSSR count). The number of hydrogen-bond acceptors (Lipinski definition) is 2. The van der Waals surface area contributed by atoms with E-state index in [4.69, 9.17) is 11.1 Å². The first-order chi connectivity index (χ1) is 8.83. The number of hydrogen-bond donors (Lipinski definition) is 3. The lowest BCUT2D eigenvalue weighted by Crippen LogP contribution is -2.01. The lowest BCUT2D eigenvalue weighted by molar-refractivity contribution is 0.600. The Bertz CT molecular complexity index is 431. The fourth-order valence-electron chi connectivity index (χ4n) is 2.55. The van der Waals surface area contributed by atoms with Crippen molar-refractivity contribution in [2.24, 2.45) is 10.7 Å². The van der Waals surface area contributed by atoms with Crippen LogP contribution in [-0.4, -0.2) is 17.0 Å². The molecule has 1 aromatic heterocycles. The van der Waals surface area contributed by atoms with Crippen LogP contribution in [0.4, 0.5) is 5.69 Å². The Kier molecular flexibility index (Phi) is 4.56. The third-order valence-corrected chi connectivity index (χ3v) is 3.56. The van der Waals surface area contributed by atoms with Gasteiger partial charge < -0.3 is 16.1 Å². The minimum Gasteiger partial charge on any atom is -0.390 e. The topological polar surface area (TPSA) is 78.0 Å². The smallest absolute Gasteiger partial charge is 0.0946 e. The van der Waals surface area contributed by atoms with Gasteiger partial charge in [0.25, 0.3) is 0 Å². The highest BCUT2D eigenvalue weighted by atomic mass is 14.9. The number of nitrogens with one attached hydrogen (secondary N) is 2. The number of aromatic amines is 1. The summed E-state index contributed by atoms with van der Waals surface area (Å²) in [4.78, 5) is 7.45. The van der Waals surface area contributed by atoms with Gasteiger partial charge in [-0.1, -0.05) is 25.7 Å². The van der Waals surface area contributed by atoms with E-state index >= 15 is 0 Å². The zero-order valence-corrected chi connectivity index (χ0v) is 10.8. The number of nitrogens with zero attached hydrogens (tertiary/aromatic N) is 1. The second-order valence-corrected chi connectivity index (χ2v) is 4.92. The van der Waals surface area contributed by atoms with Crippen LogP contribution in [0.2, 0.25) is 0 Å². The summed E-state index contributed by atoms with van der Waals surface area (Å²) < 4.78 is 0. The molecule has 1 aliphatic rings. The molecule has 0 aromatic carbocycles. The number of aryl methyl sites for hydroxylation is 1. The molecule has 98 valence electrons. The van der Waals surface area contributed by atoms with Crippen molar-refractivity contribution in [2.45, 2.75) is 51.4 Å². The van der Waals surface area contributed by atoms with Crippen LogP contribution in [0.1, 0.15) is 56.2 Å². The SMILES string of the molecule is N=C1CCCCCCCCc2c[nH]c1c2N=CN. The van der Waals surface area contributed by atoms with Crippen molar-refractivity contribution in [1.82, 2.24) is 4.98 Å². The molecule has 0 saturated carbocycles. The quantitative estimate of drug-likeness (QED) is 0.516. The molecular formula is C14H22N4. The Labute approximate surface area is 108 Å². The number of aromatic nitrogens is 1. The van der Waals surface area contributed by atoms with Crippen LogP contribution in [0.15, 0.2) is 11.2 Å². The Morgan fingerprint density at radius 2 is 1.78 bits per heavy atom. The summed E-state index contributed by atoms with van der Waals surface area (Å²) >= 11 is 0. The van der Waals surface area contributed by atoms with Crippen molar-refractivity contribution in [3.05, 3.63) is 17.5 Å². The van der Waals surface area contributed by atoms with Gasteiger partial charge in [0.1, 0.15) is 0 Å². The molecule has 18 heavy (non-hydrogen) atoms. The molecule has 4 nitrogen and oxygen atoms in total. The molecule has 0 aliphatic heterocycles. The average molecular weight is 246 g/mol. The maximum atomic E-state index is 8.14. The molecule has 1 aliphatic carbocycles. The van der Waals surface area contributed by atoms with Gasteiger partial charge in [0.15, 0.2) is 0 Å². The zero-order chi connectivity index (χ0) is 12.8. The molecule has 0 saturated heterocycles. The van der Waals surface area contributed by atoms with E-state index < -0.39 is 0 Å². The largest absolute Gasteiger partial charge is 0.390 e. The van der Waals surface area contributed by atoms with E-state index in [1.807, 2.05) is 6.20 Å². The first kappa shape index (κ1) is 12.9. The Morgan fingerprint density at radius 3 is 2.50 bits per heavy atom. The van der Waals surface area contributed by atoms with E-state index in [9.17, 15) is 0 Å². The van der Waals surface area contributed by atoms with Crippen molar-refractivity contribution in [3.63, 3.8) is 0 Å². The van der Waals surface area contributed by atoms with Crippen molar-refractivity contribution in [2.75, 3.05) is 0 Å². The van der Waals surface area contributed by atoms with Gasteiger partial charge in [0.2, 0.25) is 0 Å². The fraction of sp³-hybridized carbons (Fsp3) is 0.571. The molecule has 4 N–H and O–H groups in total. The normalized spacial score (nSPS) is 18.6. The third kappa shape index (κ3) is 3.00. The van der Waals surface area contributed by atoms with Crippen LogP contribution in [0, 0.1) is 5.41 Å². The molecule has 1 aromatic rings. The molecular weight excluding hydrogens is 224 g/mol. The lowest BCUT2D eigenvalue weighted by atomic mass is 10.0. The van der Waals surface area contributed by atoms with Crippen LogP contribution in [-0.2, 0) is 6.42 Å². The maximum absolute atomic E-state index is 8.14. The van der Waals surface area contributed by atoms with E-state index in [-0.39, 0.29) is 0 Å². The summed E-state index contributed by atoms with van der Waals surface area (Å²) in [6, 6.07) is 0. The second-order valence-electron chi connectivity index (χ2n) is 4.92. The summed E-state index contributed by atoms with van der Waals surface area (Å²) in [6.45, 7) is 0. The predicted molar refractivity (Wildman–Crippen MR) is 76.0 cm³/mol. The highest BCUT2D eigenvalue weighted by Gasteiger charge is 2.14. The van der Waals surface area contributed by atoms with E-state index in [2.05, 4.69) is 9.98 Å². The zero-order valence-electron chi connectivity index (χ0n) is 10.8. The number of fused-ring (bicyclic) bond motifs is 2. The minimum atomic E-state index is 0.655. The lowest BCUT2D eigenvalue weighted by Gasteiger charge is -2.07. The van der Waals surface area contributed by atoms with Crippen molar-refractivity contribution in [3.8, 4) is 0 Å². The van der Waals surface area contributed by atoms with Crippen molar-refractivity contribution < 1.29 is 0 Å². The Morgan fingerprint density at radius 1 is 1.11 bits per heavy atom. The summed E-state index contributed by atoms with van der Waals surface area (Å²) in [5, 5.41) is 8.14.